The van der Waals surface area contributed by atoms with Crippen LogP contribution in [-0.2, 0) is 4.79 Å². The highest BCUT2D eigenvalue weighted by molar-refractivity contribution is 5.66. The lowest BCUT2D eigenvalue weighted by molar-refractivity contribution is -0.137. The molecular weight excluding hydrogens is 240 g/mol. The van der Waals surface area contributed by atoms with E-state index in [0.29, 0.717) is 18.9 Å². The zero-order valence-corrected chi connectivity index (χ0v) is 12.3. The number of rotatable bonds is 6. The Morgan fingerprint density at radius 2 is 2.05 bits per heavy atom. The van der Waals surface area contributed by atoms with E-state index < -0.39 is 5.97 Å². The largest absolute Gasteiger partial charge is 0.494 e. The Morgan fingerprint density at radius 3 is 2.63 bits per heavy atom. The molecular formula is C16H24O3. The van der Waals surface area contributed by atoms with Crippen molar-refractivity contribution >= 4 is 5.97 Å². The van der Waals surface area contributed by atoms with E-state index in [1.807, 2.05) is 12.1 Å². The monoisotopic (exact) mass is 264 g/mol. The Labute approximate surface area is 115 Å². The van der Waals surface area contributed by atoms with E-state index in [9.17, 15) is 4.79 Å². The third-order valence-electron chi connectivity index (χ3n) is 3.46. The second kappa shape index (κ2) is 6.60. The van der Waals surface area contributed by atoms with E-state index in [1.54, 1.807) is 0 Å². The van der Waals surface area contributed by atoms with E-state index in [2.05, 4.69) is 39.8 Å². The van der Waals surface area contributed by atoms with Crippen LogP contribution >= 0.6 is 0 Å². The Balaban J connectivity index is 2.60. The zero-order chi connectivity index (χ0) is 14.5. The maximum atomic E-state index is 10.4. The molecule has 19 heavy (non-hydrogen) atoms. The van der Waals surface area contributed by atoms with Gasteiger partial charge in [-0.25, -0.2) is 0 Å². The van der Waals surface area contributed by atoms with Gasteiger partial charge in [0.2, 0.25) is 0 Å². The fourth-order valence-corrected chi connectivity index (χ4v) is 1.79. The highest BCUT2D eigenvalue weighted by Crippen LogP contribution is 2.35. The molecule has 1 aromatic carbocycles. The van der Waals surface area contributed by atoms with Crippen molar-refractivity contribution in [2.45, 2.75) is 46.5 Å². The van der Waals surface area contributed by atoms with Gasteiger partial charge in [-0.15, -0.1) is 0 Å². The minimum atomic E-state index is -0.779. The van der Waals surface area contributed by atoms with Crippen LogP contribution in [0.25, 0.3) is 0 Å². The topological polar surface area (TPSA) is 46.5 Å². The second-order valence-electron chi connectivity index (χ2n) is 6.01. The fourth-order valence-electron chi connectivity index (χ4n) is 1.79. The van der Waals surface area contributed by atoms with Gasteiger partial charge in [-0.1, -0.05) is 39.8 Å². The summed E-state index contributed by atoms with van der Waals surface area (Å²) in [5.41, 5.74) is 1.46. The Bertz CT molecular complexity index is 418. The average Bonchev–Trinajstić information content (AvgIpc) is 2.33. The number of hydrogen-bond donors (Lipinski definition) is 1. The third-order valence-corrected chi connectivity index (χ3v) is 3.46. The van der Waals surface area contributed by atoms with Crippen molar-refractivity contribution in [3.05, 3.63) is 29.8 Å². The van der Waals surface area contributed by atoms with Gasteiger partial charge in [0.15, 0.2) is 0 Å². The number of carboxylic acids is 1. The lowest BCUT2D eigenvalue weighted by atomic mass is 9.78. The lowest BCUT2D eigenvalue weighted by Crippen LogP contribution is -2.15. The molecule has 0 radical (unpaired) electrons. The van der Waals surface area contributed by atoms with Gasteiger partial charge >= 0.3 is 5.97 Å². The van der Waals surface area contributed by atoms with Gasteiger partial charge in [0, 0.05) is 6.42 Å². The molecule has 0 aromatic heterocycles. The van der Waals surface area contributed by atoms with Crippen molar-refractivity contribution in [1.82, 2.24) is 0 Å². The van der Waals surface area contributed by atoms with E-state index in [1.165, 1.54) is 5.56 Å². The summed E-state index contributed by atoms with van der Waals surface area (Å²) in [5, 5.41) is 8.56. The number of ether oxygens (including phenoxy) is 1. The maximum absolute atomic E-state index is 10.4. The van der Waals surface area contributed by atoms with Crippen LogP contribution in [0, 0.1) is 5.41 Å². The summed E-state index contributed by atoms with van der Waals surface area (Å²) in [5.74, 6) is 0.479. The number of carboxylic acid groups (broad SMARTS) is 1. The number of aliphatic carboxylic acids is 1. The van der Waals surface area contributed by atoms with E-state index in [-0.39, 0.29) is 11.8 Å². The molecule has 0 spiro atoms. The molecule has 3 nitrogen and oxygen atoms in total. The summed E-state index contributed by atoms with van der Waals surface area (Å²) in [7, 11) is 0. The van der Waals surface area contributed by atoms with Gasteiger partial charge in [0.05, 0.1) is 6.61 Å². The summed E-state index contributed by atoms with van der Waals surface area (Å²) in [6.07, 6.45) is 0.687. The summed E-state index contributed by atoms with van der Waals surface area (Å²) < 4.78 is 5.60. The van der Waals surface area contributed by atoms with Crippen molar-refractivity contribution < 1.29 is 14.6 Å². The van der Waals surface area contributed by atoms with Crippen LogP contribution in [-0.4, -0.2) is 17.7 Å². The van der Waals surface area contributed by atoms with Gasteiger partial charge in [-0.05, 0) is 35.4 Å². The smallest absolute Gasteiger partial charge is 0.303 e. The summed E-state index contributed by atoms with van der Waals surface area (Å²) >= 11 is 0. The van der Waals surface area contributed by atoms with E-state index >= 15 is 0 Å². The molecule has 0 aliphatic heterocycles. The van der Waals surface area contributed by atoms with Gasteiger partial charge in [0.25, 0.3) is 0 Å². The van der Waals surface area contributed by atoms with E-state index in [0.717, 1.165) is 5.75 Å². The molecule has 0 fully saturated rings. The van der Waals surface area contributed by atoms with Crippen molar-refractivity contribution in [3.8, 4) is 5.75 Å². The quantitative estimate of drug-likeness (QED) is 0.787. The minimum absolute atomic E-state index is 0.151. The fraction of sp³-hybridized carbons (Fsp3) is 0.562. The number of benzene rings is 1. The molecule has 0 amide bonds. The molecule has 106 valence electrons. The molecule has 0 bridgehead atoms. The molecule has 3 heteroatoms. The van der Waals surface area contributed by atoms with Gasteiger partial charge in [0.1, 0.15) is 5.75 Å². The molecule has 1 N–H and O–H groups in total. The Kier molecular flexibility index (Phi) is 5.40. The van der Waals surface area contributed by atoms with Crippen LogP contribution in [0.2, 0.25) is 0 Å². The van der Waals surface area contributed by atoms with Crippen molar-refractivity contribution in [3.63, 3.8) is 0 Å². The molecule has 0 aliphatic carbocycles. The van der Waals surface area contributed by atoms with Crippen LogP contribution in [0.5, 0.6) is 5.75 Å². The van der Waals surface area contributed by atoms with Gasteiger partial charge in [-0.3, -0.25) is 4.79 Å². The van der Waals surface area contributed by atoms with Crippen LogP contribution in [0.3, 0.4) is 0 Å². The number of carbonyl (C=O) groups is 1. The second-order valence-corrected chi connectivity index (χ2v) is 6.01. The molecule has 1 rings (SSSR count). The molecule has 0 aliphatic rings. The zero-order valence-electron chi connectivity index (χ0n) is 12.3. The average molecular weight is 264 g/mol. The van der Waals surface area contributed by atoms with Crippen LogP contribution in [0.15, 0.2) is 24.3 Å². The van der Waals surface area contributed by atoms with Crippen LogP contribution < -0.4 is 4.74 Å². The molecule has 1 aromatic rings. The first-order chi connectivity index (χ1) is 8.80. The Hall–Kier alpha value is -1.51. The summed E-state index contributed by atoms with van der Waals surface area (Å²) in [6.45, 7) is 9.32. The van der Waals surface area contributed by atoms with E-state index in [4.69, 9.17) is 9.84 Å². The summed E-state index contributed by atoms with van der Waals surface area (Å²) in [4.78, 5) is 10.4. The lowest BCUT2D eigenvalue weighted by Gasteiger charge is -2.27. The molecule has 0 saturated carbocycles. The van der Waals surface area contributed by atoms with Gasteiger partial charge in [-0.2, -0.15) is 0 Å². The van der Waals surface area contributed by atoms with Crippen molar-refractivity contribution in [2.24, 2.45) is 5.41 Å². The first kappa shape index (κ1) is 15.5. The predicted molar refractivity (Wildman–Crippen MR) is 76.7 cm³/mol. The molecule has 0 saturated heterocycles. The molecule has 1 unspecified atom stereocenters. The first-order valence-electron chi connectivity index (χ1n) is 6.75. The maximum Gasteiger partial charge on any atom is 0.303 e. The Morgan fingerprint density at radius 1 is 1.37 bits per heavy atom. The molecule has 1 atom stereocenters. The van der Waals surface area contributed by atoms with Crippen LogP contribution in [0.1, 0.15) is 52.0 Å². The van der Waals surface area contributed by atoms with Crippen LogP contribution in [0.4, 0.5) is 0 Å². The minimum Gasteiger partial charge on any atom is -0.494 e. The SMILES string of the molecule is CC(c1cccc(OCCCC(=O)O)c1)C(C)(C)C. The number of hydrogen-bond acceptors (Lipinski definition) is 2. The van der Waals surface area contributed by atoms with Gasteiger partial charge < -0.3 is 9.84 Å². The predicted octanol–water partition coefficient (Wildman–Crippen LogP) is 4.08. The normalized spacial score (nSPS) is 13.1. The highest BCUT2D eigenvalue weighted by Gasteiger charge is 2.21. The standard InChI is InChI=1S/C16H24O3/c1-12(16(2,3)4)13-7-5-8-14(11-13)19-10-6-9-15(17)18/h5,7-8,11-12H,6,9-10H2,1-4H3,(H,17,18). The van der Waals surface area contributed by atoms with Crippen molar-refractivity contribution in [2.75, 3.05) is 6.61 Å². The summed E-state index contributed by atoms with van der Waals surface area (Å²) in [6, 6.07) is 8.07. The molecule has 0 heterocycles. The third kappa shape index (κ3) is 5.33. The first-order valence-corrected chi connectivity index (χ1v) is 6.75. The van der Waals surface area contributed by atoms with Crippen molar-refractivity contribution in [1.29, 1.82) is 0 Å². The highest BCUT2D eigenvalue weighted by atomic mass is 16.5.